The average Bonchev–Trinajstić information content (AvgIpc) is 2.86. The van der Waals surface area contributed by atoms with Crippen LogP contribution in [0, 0.1) is 6.57 Å². The second-order valence-electron chi connectivity index (χ2n) is 8.05. The molecule has 0 fully saturated rings. The monoisotopic (exact) mass is 510 g/mol. The third-order valence-corrected chi connectivity index (χ3v) is 7.44. The van der Waals surface area contributed by atoms with Crippen molar-refractivity contribution in [1.29, 1.82) is 0 Å². The molecule has 0 aliphatic carbocycles. The molecule has 1 aliphatic rings. The number of carbonyl (C=O) groups is 1. The molecule has 2 unspecified atom stereocenters. The molecule has 0 spiro atoms. The van der Waals surface area contributed by atoms with Crippen LogP contribution in [0.15, 0.2) is 64.8 Å². The molecule has 2 aromatic rings. The van der Waals surface area contributed by atoms with Gasteiger partial charge in [0.1, 0.15) is 5.75 Å². The number of methoxy groups -OCH3 is 1. The van der Waals surface area contributed by atoms with Gasteiger partial charge in [-0.1, -0.05) is 55.8 Å². The molecule has 0 radical (unpaired) electrons. The molecule has 1 amide bonds. The molecule has 0 saturated carbocycles. The first-order chi connectivity index (χ1) is 16.9. The van der Waals surface area contributed by atoms with Crippen LogP contribution >= 0.6 is 23.4 Å². The number of nitrogens with zero attached hydrogens (tertiary/aromatic N) is 3. The number of allylic oxidation sites excluding steroid dienone is 1. The Bertz CT molecular complexity index is 1150. The normalized spacial score (nSPS) is 17.7. The fourth-order valence-electron chi connectivity index (χ4n) is 4.18. The first-order valence-electron chi connectivity index (χ1n) is 11.6. The van der Waals surface area contributed by atoms with Crippen molar-refractivity contribution in [2.45, 2.75) is 32.7 Å². The molecule has 184 valence electrons. The van der Waals surface area contributed by atoms with Crippen LogP contribution in [0.25, 0.3) is 4.85 Å². The molecule has 1 aliphatic heterocycles. The van der Waals surface area contributed by atoms with Gasteiger partial charge in [-0.3, -0.25) is 4.79 Å². The number of rotatable bonds is 9. The van der Waals surface area contributed by atoms with Crippen molar-refractivity contribution in [2.75, 3.05) is 37.8 Å². The Labute approximate surface area is 217 Å². The van der Waals surface area contributed by atoms with Crippen LogP contribution in [0.3, 0.4) is 0 Å². The number of hydrogen-bond acceptors (Lipinski definition) is 5. The molecule has 0 aromatic heterocycles. The van der Waals surface area contributed by atoms with Crippen molar-refractivity contribution < 1.29 is 9.53 Å². The van der Waals surface area contributed by atoms with E-state index in [0.717, 1.165) is 36.0 Å². The predicted octanol–water partition coefficient (Wildman–Crippen LogP) is 6.12. The van der Waals surface area contributed by atoms with Crippen molar-refractivity contribution >= 4 is 40.0 Å². The first kappa shape index (κ1) is 26.8. The van der Waals surface area contributed by atoms with Crippen molar-refractivity contribution in [1.82, 2.24) is 4.90 Å². The number of aliphatic imine (C=N–C) groups is 1. The van der Waals surface area contributed by atoms with Gasteiger partial charge in [0.2, 0.25) is 0 Å². The molecule has 1 heterocycles. The number of nitrogens with one attached hydrogen (secondary N) is 1. The van der Waals surface area contributed by atoms with E-state index < -0.39 is 12.0 Å². The van der Waals surface area contributed by atoms with Crippen LogP contribution < -0.4 is 10.1 Å². The number of ether oxygens (including phenoxy) is 1. The molecule has 3 rings (SSSR count). The Hall–Kier alpha value is -2.79. The molecule has 0 saturated heterocycles. The summed E-state index contributed by atoms with van der Waals surface area (Å²) in [6.45, 7) is 17.0. The van der Waals surface area contributed by atoms with Crippen LogP contribution in [-0.4, -0.2) is 54.4 Å². The van der Waals surface area contributed by atoms with Gasteiger partial charge in [-0.25, -0.2) is 11.6 Å². The number of benzene rings is 2. The minimum absolute atomic E-state index is 0.318. The van der Waals surface area contributed by atoms with Crippen molar-refractivity contribution in [2.24, 2.45) is 4.99 Å². The van der Waals surface area contributed by atoms with Gasteiger partial charge >= 0.3 is 0 Å². The van der Waals surface area contributed by atoms with Gasteiger partial charge < -0.3 is 19.8 Å². The molecule has 8 heteroatoms. The molecular formula is C27H31ClN4O2S. The summed E-state index contributed by atoms with van der Waals surface area (Å²) < 4.78 is 5.40. The van der Waals surface area contributed by atoms with Gasteiger partial charge in [-0.05, 0) is 43.8 Å². The van der Waals surface area contributed by atoms with E-state index in [4.69, 9.17) is 27.9 Å². The number of amides is 1. The van der Waals surface area contributed by atoms with Gasteiger partial charge in [0.05, 0.1) is 24.3 Å². The smallest absolute Gasteiger partial charge is 0.282 e. The van der Waals surface area contributed by atoms with Gasteiger partial charge in [0.15, 0.2) is 5.04 Å². The Morgan fingerprint density at radius 1 is 1.20 bits per heavy atom. The Balaban J connectivity index is 2.02. The summed E-state index contributed by atoms with van der Waals surface area (Å²) in [6.07, 6.45) is 0. The molecule has 2 aromatic carbocycles. The molecule has 6 nitrogen and oxygen atoms in total. The number of thioether (sulfide) groups is 1. The molecule has 1 N–H and O–H groups in total. The second-order valence-corrected chi connectivity index (χ2v) is 9.57. The number of para-hydroxylation sites is 2. The van der Waals surface area contributed by atoms with Crippen molar-refractivity contribution in [3.63, 3.8) is 0 Å². The summed E-state index contributed by atoms with van der Waals surface area (Å²) in [6, 6.07) is 14.0. The zero-order chi connectivity index (χ0) is 25.4. The maximum absolute atomic E-state index is 13.6. The SMILES string of the molecule is [C-]#[N+]C1C(SCCN(CC)CC)=NC(C)=C(C(=O)Nc2ccccc2OC)C1c1ccccc1Cl. The Morgan fingerprint density at radius 3 is 2.54 bits per heavy atom. The van der Waals surface area contributed by atoms with E-state index in [1.807, 2.05) is 37.3 Å². The fraction of sp³-hybridized carbons (Fsp3) is 0.370. The highest BCUT2D eigenvalue weighted by molar-refractivity contribution is 8.14. The van der Waals surface area contributed by atoms with Crippen LogP contribution in [0.1, 0.15) is 32.3 Å². The Kier molecular flexibility index (Phi) is 9.79. The summed E-state index contributed by atoms with van der Waals surface area (Å²) in [5.74, 6) is 0.519. The lowest BCUT2D eigenvalue weighted by molar-refractivity contribution is -0.113. The fourth-order valence-corrected chi connectivity index (χ4v) is 5.55. The summed E-state index contributed by atoms with van der Waals surface area (Å²) in [7, 11) is 1.56. The number of anilines is 1. The molecule has 2 atom stereocenters. The summed E-state index contributed by atoms with van der Waals surface area (Å²) in [5.41, 5.74) is 2.34. The van der Waals surface area contributed by atoms with E-state index in [0.29, 0.717) is 27.7 Å². The van der Waals surface area contributed by atoms with Crippen molar-refractivity contribution in [3.8, 4) is 5.75 Å². The van der Waals surface area contributed by atoms with Crippen LogP contribution in [0.2, 0.25) is 5.02 Å². The average molecular weight is 511 g/mol. The summed E-state index contributed by atoms with van der Waals surface area (Å²) in [4.78, 5) is 24.7. The highest BCUT2D eigenvalue weighted by atomic mass is 35.5. The third-order valence-electron chi connectivity index (χ3n) is 6.08. The maximum atomic E-state index is 13.6. The van der Waals surface area contributed by atoms with Crippen LogP contribution in [0.5, 0.6) is 5.75 Å². The topological polar surface area (TPSA) is 58.3 Å². The van der Waals surface area contributed by atoms with Gasteiger partial charge in [-0.15, -0.1) is 11.8 Å². The zero-order valence-corrected chi connectivity index (χ0v) is 22.1. The van der Waals surface area contributed by atoms with Gasteiger partial charge in [-0.2, -0.15) is 0 Å². The first-order valence-corrected chi connectivity index (χ1v) is 13.0. The van der Waals surface area contributed by atoms with E-state index in [1.54, 1.807) is 37.1 Å². The summed E-state index contributed by atoms with van der Waals surface area (Å²) in [5, 5.41) is 4.21. The third kappa shape index (κ3) is 6.26. The number of carbonyl (C=O) groups excluding carboxylic acids is 1. The number of hydrogen-bond donors (Lipinski definition) is 1. The van der Waals surface area contributed by atoms with Gasteiger partial charge in [0, 0.05) is 23.0 Å². The lowest BCUT2D eigenvalue weighted by atomic mass is 9.82. The number of halogens is 1. The van der Waals surface area contributed by atoms with E-state index in [2.05, 4.69) is 28.9 Å². The molecule has 35 heavy (non-hydrogen) atoms. The van der Waals surface area contributed by atoms with E-state index >= 15 is 0 Å². The minimum atomic E-state index is -0.640. The zero-order valence-electron chi connectivity index (χ0n) is 20.5. The molecule has 0 bridgehead atoms. The van der Waals surface area contributed by atoms with E-state index in [9.17, 15) is 4.79 Å². The largest absolute Gasteiger partial charge is 0.495 e. The Morgan fingerprint density at radius 2 is 1.89 bits per heavy atom. The summed E-state index contributed by atoms with van der Waals surface area (Å²) >= 11 is 8.19. The highest BCUT2D eigenvalue weighted by Crippen LogP contribution is 2.42. The maximum Gasteiger partial charge on any atom is 0.282 e. The van der Waals surface area contributed by atoms with Crippen molar-refractivity contribution in [3.05, 3.63) is 81.8 Å². The van der Waals surface area contributed by atoms with E-state index in [-0.39, 0.29) is 5.91 Å². The quantitative estimate of drug-likeness (QED) is 0.413. The highest BCUT2D eigenvalue weighted by Gasteiger charge is 2.43. The molecular weight excluding hydrogens is 480 g/mol. The van der Waals surface area contributed by atoms with E-state index in [1.165, 1.54) is 0 Å². The van der Waals surface area contributed by atoms with Gasteiger partial charge in [0.25, 0.3) is 11.9 Å². The van der Waals surface area contributed by atoms with Crippen LogP contribution in [0.4, 0.5) is 5.69 Å². The minimum Gasteiger partial charge on any atom is -0.495 e. The lowest BCUT2D eigenvalue weighted by Gasteiger charge is -2.28. The predicted molar refractivity (Wildman–Crippen MR) is 147 cm³/mol. The standard InChI is InChI=1S/C27H31ClN4O2S/c1-6-32(7-2)16-17-35-27-25(29-4)24(19-12-8-9-13-20(19)28)23(18(3)30-27)26(33)31-21-14-10-11-15-22(21)34-5/h8-15,24-25H,6-7,16-17H2,1-3,5H3,(H,31,33). The van der Waals surface area contributed by atoms with Crippen LogP contribution in [-0.2, 0) is 4.79 Å². The lowest BCUT2D eigenvalue weighted by Crippen LogP contribution is -2.34. The second kappa shape index (κ2) is 12.8.